The maximum Gasteiger partial charge on any atom is 0.0385 e. The van der Waals surface area contributed by atoms with Crippen molar-refractivity contribution in [2.45, 2.75) is 45.4 Å². The van der Waals surface area contributed by atoms with E-state index in [1.54, 1.807) is 0 Å². The van der Waals surface area contributed by atoms with Crippen molar-refractivity contribution in [3.05, 3.63) is 42.0 Å². The average Bonchev–Trinajstić information content (AvgIpc) is 2.42. The predicted octanol–water partition coefficient (Wildman–Crippen LogP) is 4.91. The van der Waals surface area contributed by atoms with Crippen molar-refractivity contribution in [3.63, 3.8) is 0 Å². The standard InChI is InChI=1S/C17H25N/c1-3-5-6-7-8-14-18-15-13-17-11-9-16(4-2)10-12-17/h4,9-12,15H,2-3,5-8,13-14H2,1H3. The number of hydrogen-bond acceptors (Lipinski definition) is 1. The average molecular weight is 243 g/mol. The lowest BCUT2D eigenvalue weighted by molar-refractivity contribution is 0.639. The zero-order valence-corrected chi connectivity index (χ0v) is 11.6. The summed E-state index contributed by atoms with van der Waals surface area (Å²) in [5.74, 6) is 0. The molecule has 1 heteroatoms. The van der Waals surface area contributed by atoms with Crippen LogP contribution in [0, 0.1) is 0 Å². The Hall–Kier alpha value is -1.37. The molecule has 0 atom stereocenters. The molecule has 0 unspecified atom stereocenters. The Labute approximate surface area is 112 Å². The molecule has 0 saturated carbocycles. The van der Waals surface area contributed by atoms with Crippen LogP contribution in [-0.4, -0.2) is 12.8 Å². The maximum absolute atomic E-state index is 4.46. The number of hydrogen-bond donors (Lipinski definition) is 0. The van der Waals surface area contributed by atoms with Crippen LogP contribution in [0.5, 0.6) is 0 Å². The van der Waals surface area contributed by atoms with Crippen LogP contribution in [0.25, 0.3) is 6.08 Å². The number of aliphatic imine (C=N–C) groups is 1. The van der Waals surface area contributed by atoms with Gasteiger partial charge < -0.3 is 0 Å². The van der Waals surface area contributed by atoms with Gasteiger partial charge in [0.05, 0.1) is 0 Å². The van der Waals surface area contributed by atoms with Gasteiger partial charge in [0, 0.05) is 19.2 Å². The highest BCUT2D eigenvalue weighted by Gasteiger charge is 1.90. The third kappa shape index (κ3) is 6.39. The van der Waals surface area contributed by atoms with E-state index < -0.39 is 0 Å². The highest BCUT2D eigenvalue weighted by molar-refractivity contribution is 5.62. The van der Waals surface area contributed by atoms with Crippen molar-refractivity contribution in [2.24, 2.45) is 4.99 Å². The minimum Gasteiger partial charge on any atom is -0.297 e. The van der Waals surface area contributed by atoms with Crippen LogP contribution in [0.4, 0.5) is 0 Å². The van der Waals surface area contributed by atoms with Crippen LogP contribution < -0.4 is 0 Å². The van der Waals surface area contributed by atoms with Crippen molar-refractivity contribution >= 4 is 12.3 Å². The molecule has 0 saturated heterocycles. The van der Waals surface area contributed by atoms with Crippen LogP contribution >= 0.6 is 0 Å². The van der Waals surface area contributed by atoms with Crippen LogP contribution in [0.15, 0.2) is 35.8 Å². The molecule has 0 aliphatic heterocycles. The molecule has 98 valence electrons. The lowest BCUT2D eigenvalue weighted by Gasteiger charge is -1.98. The van der Waals surface area contributed by atoms with Gasteiger partial charge in [0.25, 0.3) is 0 Å². The molecule has 0 N–H and O–H groups in total. The van der Waals surface area contributed by atoms with E-state index in [0.717, 1.165) is 13.0 Å². The fourth-order valence-electron chi connectivity index (χ4n) is 1.86. The molecule has 0 heterocycles. The van der Waals surface area contributed by atoms with Crippen molar-refractivity contribution < 1.29 is 0 Å². The van der Waals surface area contributed by atoms with Crippen LogP contribution in [0.1, 0.15) is 50.2 Å². The lowest BCUT2D eigenvalue weighted by Crippen LogP contribution is -1.88. The Bertz CT molecular complexity index is 348. The van der Waals surface area contributed by atoms with Crippen LogP contribution in [0.2, 0.25) is 0 Å². The lowest BCUT2D eigenvalue weighted by atomic mass is 10.1. The third-order valence-corrected chi connectivity index (χ3v) is 3.06. The smallest absolute Gasteiger partial charge is 0.0385 e. The number of nitrogens with zero attached hydrogens (tertiary/aromatic N) is 1. The Morgan fingerprint density at radius 2 is 1.78 bits per heavy atom. The zero-order valence-electron chi connectivity index (χ0n) is 11.6. The molecule has 18 heavy (non-hydrogen) atoms. The first-order chi connectivity index (χ1) is 8.86. The van der Waals surface area contributed by atoms with Gasteiger partial charge in [0.2, 0.25) is 0 Å². The molecular weight excluding hydrogens is 218 g/mol. The van der Waals surface area contributed by atoms with Gasteiger partial charge in [-0.15, -0.1) is 0 Å². The molecule has 0 aliphatic carbocycles. The van der Waals surface area contributed by atoms with E-state index in [1.807, 2.05) is 12.3 Å². The van der Waals surface area contributed by atoms with E-state index in [0.29, 0.717) is 0 Å². The Kier molecular flexibility index (Phi) is 7.87. The zero-order chi connectivity index (χ0) is 13.1. The Morgan fingerprint density at radius 3 is 2.44 bits per heavy atom. The summed E-state index contributed by atoms with van der Waals surface area (Å²) in [5.41, 5.74) is 2.49. The van der Waals surface area contributed by atoms with Gasteiger partial charge in [-0.05, 0) is 17.5 Å². The first-order valence-electron chi connectivity index (χ1n) is 7.06. The van der Waals surface area contributed by atoms with Crippen molar-refractivity contribution in [1.29, 1.82) is 0 Å². The van der Waals surface area contributed by atoms with Gasteiger partial charge in [-0.25, -0.2) is 0 Å². The normalized spacial score (nSPS) is 10.9. The largest absolute Gasteiger partial charge is 0.297 e. The van der Waals surface area contributed by atoms with E-state index in [9.17, 15) is 0 Å². The SMILES string of the molecule is C=Cc1ccc(CC=NCCCCCCC)cc1. The Morgan fingerprint density at radius 1 is 1.06 bits per heavy atom. The summed E-state index contributed by atoms with van der Waals surface area (Å²) < 4.78 is 0. The number of benzene rings is 1. The predicted molar refractivity (Wildman–Crippen MR) is 82.4 cm³/mol. The third-order valence-electron chi connectivity index (χ3n) is 3.06. The topological polar surface area (TPSA) is 12.4 Å². The summed E-state index contributed by atoms with van der Waals surface area (Å²) >= 11 is 0. The Balaban J connectivity index is 2.13. The van der Waals surface area contributed by atoms with Crippen molar-refractivity contribution in [2.75, 3.05) is 6.54 Å². The molecule has 1 aromatic carbocycles. The summed E-state index contributed by atoms with van der Waals surface area (Å²) in [5, 5.41) is 0. The number of unbranched alkanes of at least 4 members (excludes halogenated alkanes) is 4. The van der Waals surface area contributed by atoms with E-state index in [2.05, 4.69) is 42.8 Å². The summed E-state index contributed by atoms with van der Waals surface area (Å²) in [4.78, 5) is 4.46. The van der Waals surface area contributed by atoms with Crippen molar-refractivity contribution in [1.82, 2.24) is 0 Å². The molecule has 1 nitrogen and oxygen atoms in total. The maximum atomic E-state index is 4.46. The summed E-state index contributed by atoms with van der Waals surface area (Å²) in [6.45, 7) is 6.98. The van der Waals surface area contributed by atoms with Crippen LogP contribution in [-0.2, 0) is 6.42 Å². The first-order valence-corrected chi connectivity index (χ1v) is 7.06. The number of rotatable bonds is 9. The first kappa shape index (κ1) is 14.7. The summed E-state index contributed by atoms with van der Waals surface area (Å²) in [6, 6.07) is 8.48. The van der Waals surface area contributed by atoms with Gasteiger partial charge >= 0.3 is 0 Å². The van der Waals surface area contributed by atoms with Gasteiger partial charge in [0.1, 0.15) is 0 Å². The van der Waals surface area contributed by atoms with Gasteiger partial charge in [0.15, 0.2) is 0 Å². The van der Waals surface area contributed by atoms with E-state index in [-0.39, 0.29) is 0 Å². The van der Waals surface area contributed by atoms with Gasteiger partial charge in [-0.3, -0.25) is 4.99 Å². The fourth-order valence-corrected chi connectivity index (χ4v) is 1.86. The molecule has 0 aliphatic rings. The molecule has 1 aromatic rings. The molecular formula is C17H25N. The minimum absolute atomic E-state index is 0.937. The molecule has 0 bridgehead atoms. The van der Waals surface area contributed by atoms with E-state index in [4.69, 9.17) is 0 Å². The van der Waals surface area contributed by atoms with E-state index >= 15 is 0 Å². The van der Waals surface area contributed by atoms with Gasteiger partial charge in [-0.1, -0.05) is 69.5 Å². The molecule has 0 fully saturated rings. The molecule has 0 aromatic heterocycles. The molecule has 1 rings (SSSR count). The second-order valence-corrected chi connectivity index (χ2v) is 4.65. The van der Waals surface area contributed by atoms with Crippen molar-refractivity contribution in [3.8, 4) is 0 Å². The van der Waals surface area contributed by atoms with E-state index in [1.165, 1.54) is 43.2 Å². The second-order valence-electron chi connectivity index (χ2n) is 4.65. The molecule has 0 amide bonds. The monoisotopic (exact) mass is 243 g/mol. The highest BCUT2D eigenvalue weighted by Crippen LogP contribution is 2.05. The highest BCUT2D eigenvalue weighted by atomic mass is 14.7. The minimum atomic E-state index is 0.937. The summed E-state index contributed by atoms with van der Waals surface area (Å²) in [6.07, 6.45) is 11.4. The molecule has 0 spiro atoms. The fraction of sp³-hybridized carbons (Fsp3) is 0.471. The van der Waals surface area contributed by atoms with Gasteiger partial charge in [-0.2, -0.15) is 0 Å². The quantitative estimate of drug-likeness (QED) is 0.431. The van der Waals surface area contributed by atoms with Crippen LogP contribution in [0.3, 0.4) is 0 Å². The second kappa shape index (κ2) is 9.64. The molecule has 0 radical (unpaired) electrons. The summed E-state index contributed by atoms with van der Waals surface area (Å²) in [7, 11) is 0.